The fraction of sp³-hybridized carbons (Fsp3) is 0.143. The molecular weight excluding hydrogens is 214 g/mol. The van der Waals surface area contributed by atoms with Crippen molar-refractivity contribution in [1.29, 1.82) is 0 Å². The van der Waals surface area contributed by atoms with Crippen LogP contribution in [-0.2, 0) is 4.79 Å². The number of aliphatic carboxylic acids is 1. The Bertz CT molecular complexity index is 336. The van der Waals surface area contributed by atoms with E-state index in [4.69, 9.17) is 16.7 Å². The largest absolute Gasteiger partial charge is 0.480 e. The van der Waals surface area contributed by atoms with E-state index >= 15 is 0 Å². The number of thiophene rings is 1. The zero-order valence-electron chi connectivity index (χ0n) is 6.41. The van der Waals surface area contributed by atoms with E-state index in [1.165, 1.54) is 11.3 Å². The number of carbonyl (C=O) groups is 2. The number of hydrogen-bond donors (Lipinski definition) is 2. The highest BCUT2D eigenvalue weighted by molar-refractivity contribution is 7.12. The van der Waals surface area contributed by atoms with Crippen LogP contribution >= 0.6 is 22.9 Å². The first kappa shape index (κ1) is 10.0. The number of nitrogens with one attached hydrogen (secondary N) is 1. The molecule has 2 N–H and O–H groups in total. The second kappa shape index (κ2) is 4.25. The molecule has 6 heteroatoms. The molecule has 0 saturated carbocycles. The Morgan fingerprint density at radius 2 is 2.31 bits per heavy atom. The maximum atomic E-state index is 11.2. The smallest absolute Gasteiger partial charge is 0.322 e. The van der Waals surface area contributed by atoms with Crippen LogP contribution < -0.4 is 5.32 Å². The van der Waals surface area contributed by atoms with Crippen LogP contribution in [0.2, 0.25) is 5.02 Å². The number of rotatable bonds is 3. The van der Waals surface area contributed by atoms with Crippen molar-refractivity contribution >= 4 is 34.8 Å². The van der Waals surface area contributed by atoms with Gasteiger partial charge >= 0.3 is 5.97 Å². The highest BCUT2D eigenvalue weighted by atomic mass is 35.5. The van der Waals surface area contributed by atoms with Crippen molar-refractivity contribution in [3.8, 4) is 0 Å². The average molecular weight is 220 g/mol. The molecule has 0 radical (unpaired) electrons. The van der Waals surface area contributed by atoms with Crippen LogP contribution in [0.25, 0.3) is 0 Å². The molecule has 0 aliphatic heterocycles. The van der Waals surface area contributed by atoms with Gasteiger partial charge < -0.3 is 10.4 Å². The summed E-state index contributed by atoms with van der Waals surface area (Å²) in [5.74, 6) is -1.54. The number of halogens is 1. The van der Waals surface area contributed by atoms with Gasteiger partial charge in [-0.1, -0.05) is 11.6 Å². The first-order valence-corrected chi connectivity index (χ1v) is 4.60. The third kappa shape index (κ3) is 2.71. The van der Waals surface area contributed by atoms with Gasteiger partial charge in [0.25, 0.3) is 5.91 Å². The zero-order valence-corrected chi connectivity index (χ0v) is 7.98. The van der Waals surface area contributed by atoms with Gasteiger partial charge in [0.1, 0.15) is 11.4 Å². The molecule has 1 aromatic rings. The predicted octanol–water partition coefficient (Wildman–Crippen LogP) is 1.22. The maximum Gasteiger partial charge on any atom is 0.322 e. The molecule has 1 aromatic heterocycles. The van der Waals surface area contributed by atoms with Crippen molar-refractivity contribution < 1.29 is 14.7 Å². The molecule has 0 aliphatic carbocycles. The van der Waals surface area contributed by atoms with Crippen LogP contribution in [0.4, 0.5) is 0 Å². The SMILES string of the molecule is O=C(O)CNC(=O)c1sccc1Cl. The van der Waals surface area contributed by atoms with Gasteiger partial charge in [-0.05, 0) is 11.4 Å². The molecule has 0 aliphatic rings. The molecule has 70 valence electrons. The van der Waals surface area contributed by atoms with E-state index in [1.807, 2.05) is 0 Å². The lowest BCUT2D eigenvalue weighted by atomic mass is 10.4. The summed E-state index contributed by atoms with van der Waals surface area (Å²) in [6, 6.07) is 1.59. The maximum absolute atomic E-state index is 11.2. The number of carboxylic acid groups (broad SMARTS) is 1. The van der Waals surface area contributed by atoms with E-state index in [0.29, 0.717) is 9.90 Å². The number of hydrogen-bond acceptors (Lipinski definition) is 3. The number of carbonyl (C=O) groups excluding carboxylic acids is 1. The van der Waals surface area contributed by atoms with Crippen LogP contribution in [0, 0.1) is 0 Å². The predicted molar refractivity (Wildman–Crippen MR) is 49.3 cm³/mol. The minimum Gasteiger partial charge on any atom is -0.480 e. The summed E-state index contributed by atoms with van der Waals surface area (Å²) < 4.78 is 0. The molecule has 1 amide bonds. The summed E-state index contributed by atoms with van der Waals surface area (Å²) in [4.78, 5) is 21.6. The highest BCUT2D eigenvalue weighted by Crippen LogP contribution is 2.21. The van der Waals surface area contributed by atoms with Gasteiger partial charge in [0.15, 0.2) is 0 Å². The van der Waals surface area contributed by atoms with Gasteiger partial charge in [-0.3, -0.25) is 9.59 Å². The van der Waals surface area contributed by atoms with Crippen molar-refractivity contribution in [2.75, 3.05) is 6.54 Å². The Kier molecular flexibility index (Phi) is 3.27. The normalized spacial score (nSPS) is 9.62. The molecule has 0 atom stereocenters. The van der Waals surface area contributed by atoms with Crippen molar-refractivity contribution in [2.24, 2.45) is 0 Å². The highest BCUT2D eigenvalue weighted by Gasteiger charge is 2.11. The van der Waals surface area contributed by atoms with Gasteiger partial charge in [-0.25, -0.2) is 0 Å². The summed E-state index contributed by atoms with van der Waals surface area (Å²) in [5, 5.41) is 12.5. The van der Waals surface area contributed by atoms with Gasteiger partial charge in [0.05, 0.1) is 5.02 Å². The van der Waals surface area contributed by atoms with Gasteiger partial charge in [0.2, 0.25) is 0 Å². The minimum atomic E-state index is -1.08. The van der Waals surface area contributed by atoms with Crippen LogP contribution in [0.1, 0.15) is 9.67 Å². The monoisotopic (exact) mass is 219 g/mol. The Balaban J connectivity index is 2.59. The summed E-state index contributed by atoms with van der Waals surface area (Å²) >= 11 is 6.82. The molecule has 13 heavy (non-hydrogen) atoms. The minimum absolute atomic E-state index is 0.336. The van der Waals surface area contributed by atoms with E-state index in [0.717, 1.165) is 0 Å². The molecule has 1 heterocycles. The molecule has 0 fully saturated rings. The second-order valence-electron chi connectivity index (χ2n) is 2.17. The number of amides is 1. The fourth-order valence-electron chi connectivity index (χ4n) is 0.692. The van der Waals surface area contributed by atoms with Crippen molar-refractivity contribution in [3.63, 3.8) is 0 Å². The van der Waals surface area contributed by atoms with E-state index in [2.05, 4.69) is 5.32 Å². The molecule has 0 unspecified atom stereocenters. The van der Waals surface area contributed by atoms with Gasteiger partial charge in [-0.15, -0.1) is 11.3 Å². The van der Waals surface area contributed by atoms with Gasteiger partial charge in [-0.2, -0.15) is 0 Å². The van der Waals surface area contributed by atoms with Crippen molar-refractivity contribution in [2.45, 2.75) is 0 Å². The molecular formula is C7H6ClNO3S. The topological polar surface area (TPSA) is 66.4 Å². The molecule has 0 spiro atoms. The Morgan fingerprint density at radius 3 is 2.77 bits per heavy atom. The lowest BCUT2D eigenvalue weighted by Crippen LogP contribution is -2.28. The summed E-state index contributed by atoms with van der Waals surface area (Å²) in [7, 11) is 0. The molecule has 0 bridgehead atoms. The molecule has 1 rings (SSSR count). The lowest BCUT2D eigenvalue weighted by molar-refractivity contribution is -0.135. The Morgan fingerprint density at radius 1 is 1.62 bits per heavy atom. The average Bonchev–Trinajstić information content (AvgIpc) is 2.47. The second-order valence-corrected chi connectivity index (χ2v) is 3.50. The lowest BCUT2D eigenvalue weighted by Gasteiger charge is -1.98. The third-order valence-electron chi connectivity index (χ3n) is 1.22. The number of carboxylic acids is 1. The standard InChI is InChI=1S/C7H6ClNO3S/c8-4-1-2-13-6(4)7(12)9-3-5(10)11/h1-2H,3H2,(H,9,12)(H,10,11). The van der Waals surface area contributed by atoms with Crippen molar-refractivity contribution in [3.05, 3.63) is 21.3 Å². The third-order valence-corrected chi connectivity index (χ3v) is 2.56. The summed E-state index contributed by atoms with van der Waals surface area (Å²) in [6.07, 6.45) is 0. The Labute approximate surface area is 83.1 Å². The van der Waals surface area contributed by atoms with Crippen LogP contribution in [0.3, 0.4) is 0 Å². The van der Waals surface area contributed by atoms with E-state index in [9.17, 15) is 9.59 Å². The Hall–Kier alpha value is -1.07. The van der Waals surface area contributed by atoms with Gasteiger partial charge in [0, 0.05) is 0 Å². The van der Waals surface area contributed by atoms with Crippen LogP contribution in [-0.4, -0.2) is 23.5 Å². The van der Waals surface area contributed by atoms with E-state index < -0.39 is 18.4 Å². The van der Waals surface area contributed by atoms with E-state index in [1.54, 1.807) is 11.4 Å². The zero-order chi connectivity index (χ0) is 9.84. The first-order chi connectivity index (χ1) is 6.11. The van der Waals surface area contributed by atoms with Crippen LogP contribution in [0.15, 0.2) is 11.4 Å². The van der Waals surface area contributed by atoms with Crippen molar-refractivity contribution in [1.82, 2.24) is 5.32 Å². The van der Waals surface area contributed by atoms with E-state index in [-0.39, 0.29) is 0 Å². The quantitative estimate of drug-likeness (QED) is 0.803. The first-order valence-electron chi connectivity index (χ1n) is 3.34. The molecule has 0 aromatic carbocycles. The fourth-order valence-corrected chi connectivity index (χ4v) is 1.75. The molecule has 0 saturated heterocycles. The summed E-state index contributed by atoms with van der Waals surface area (Å²) in [6.45, 7) is -0.396. The van der Waals surface area contributed by atoms with Crippen LogP contribution in [0.5, 0.6) is 0 Å². The summed E-state index contributed by atoms with van der Waals surface area (Å²) in [5.41, 5.74) is 0. The molecule has 4 nitrogen and oxygen atoms in total.